The Hall–Kier alpha value is -0.810. The van der Waals surface area contributed by atoms with Gasteiger partial charge in [-0.2, -0.15) is 0 Å². The van der Waals surface area contributed by atoms with Crippen LogP contribution < -0.4 is 10.6 Å². The molecule has 0 spiro atoms. The predicted octanol–water partition coefficient (Wildman–Crippen LogP) is -0.837. The van der Waals surface area contributed by atoms with E-state index in [1.165, 1.54) is 0 Å². The Kier molecular flexibility index (Phi) is 4.69. The molecule has 0 bridgehead atoms. The predicted molar refractivity (Wildman–Crippen MR) is 56.4 cm³/mol. The number of rotatable bonds is 6. The highest BCUT2D eigenvalue weighted by atomic mass is 16.2. The molecule has 82 valence electrons. The van der Waals surface area contributed by atoms with Crippen molar-refractivity contribution in [3.63, 3.8) is 0 Å². The molecule has 1 aliphatic heterocycles. The Morgan fingerprint density at radius 2 is 2.36 bits per heavy atom. The first kappa shape index (κ1) is 11.3. The van der Waals surface area contributed by atoms with Gasteiger partial charge >= 0.3 is 6.03 Å². The smallest absolute Gasteiger partial charge is 0.317 e. The zero-order chi connectivity index (χ0) is 10.4. The molecule has 1 aliphatic rings. The molecule has 0 aromatic rings. The monoisotopic (exact) mass is 200 g/mol. The van der Waals surface area contributed by atoms with E-state index >= 15 is 0 Å². The average Bonchev–Trinajstić information content (AvgIpc) is 2.58. The number of nitrogens with zero attached hydrogens (tertiary/aromatic N) is 2. The van der Waals surface area contributed by atoms with Crippen LogP contribution in [0.3, 0.4) is 0 Å². The topological polar surface area (TPSA) is 47.6 Å². The summed E-state index contributed by atoms with van der Waals surface area (Å²) in [5.41, 5.74) is 0. The van der Waals surface area contributed by atoms with E-state index in [9.17, 15) is 4.79 Å². The van der Waals surface area contributed by atoms with Crippen molar-refractivity contribution in [2.75, 3.05) is 53.4 Å². The lowest BCUT2D eigenvalue weighted by Crippen LogP contribution is -2.37. The maximum Gasteiger partial charge on any atom is 0.317 e. The van der Waals surface area contributed by atoms with Crippen molar-refractivity contribution in [2.24, 2.45) is 0 Å². The summed E-state index contributed by atoms with van der Waals surface area (Å²) in [5, 5.41) is 5.89. The number of amides is 2. The van der Waals surface area contributed by atoms with Crippen LogP contribution in [0.25, 0.3) is 0 Å². The summed E-state index contributed by atoms with van der Waals surface area (Å²) in [5.74, 6) is 0. The number of carbonyl (C=O) groups is 1. The van der Waals surface area contributed by atoms with Gasteiger partial charge in [0.2, 0.25) is 0 Å². The van der Waals surface area contributed by atoms with E-state index in [0.717, 1.165) is 39.3 Å². The van der Waals surface area contributed by atoms with Crippen LogP contribution in [0.5, 0.6) is 0 Å². The first-order chi connectivity index (χ1) is 6.74. The number of nitrogens with one attached hydrogen (secondary N) is 2. The number of carbonyl (C=O) groups excluding carboxylic acids is 1. The fourth-order valence-corrected chi connectivity index (χ4v) is 1.43. The van der Waals surface area contributed by atoms with Crippen molar-refractivity contribution in [3.05, 3.63) is 0 Å². The Bertz CT molecular complexity index is 186. The molecule has 0 aromatic heterocycles. The molecule has 0 saturated carbocycles. The fraction of sp³-hybridized carbons (Fsp3) is 0.889. The highest BCUT2D eigenvalue weighted by Crippen LogP contribution is 1.96. The summed E-state index contributed by atoms with van der Waals surface area (Å²) >= 11 is 0. The van der Waals surface area contributed by atoms with Crippen molar-refractivity contribution >= 4 is 6.03 Å². The molecule has 1 heterocycles. The number of urea groups is 1. The van der Waals surface area contributed by atoms with Crippen LogP contribution >= 0.6 is 0 Å². The third-order valence-electron chi connectivity index (χ3n) is 2.44. The zero-order valence-electron chi connectivity index (χ0n) is 9.05. The van der Waals surface area contributed by atoms with Gasteiger partial charge in [0.25, 0.3) is 0 Å². The summed E-state index contributed by atoms with van der Waals surface area (Å²) in [6.45, 7) is 5.41. The van der Waals surface area contributed by atoms with E-state index in [-0.39, 0.29) is 6.03 Å². The summed E-state index contributed by atoms with van der Waals surface area (Å²) in [6, 6.07) is 0.0759. The maximum atomic E-state index is 11.2. The van der Waals surface area contributed by atoms with E-state index < -0.39 is 0 Å². The summed E-state index contributed by atoms with van der Waals surface area (Å²) in [7, 11) is 4.02. The van der Waals surface area contributed by atoms with E-state index in [0.29, 0.717) is 0 Å². The molecule has 5 heteroatoms. The van der Waals surface area contributed by atoms with Crippen molar-refractivity contribution in [1.82, 2.24) is 20.4 Å². The number of hydrogen-bond donors (Lipinski definition) is 2. The lowest BCUT2D eigenvalue weighted by Gasteiger charge is -2.20. The van der Waals surface area contributed by atoms with Gasteiger partial charge in [-0.05, 0) is 14.1 Å². The molecule has 2 amide bonds. The van der Waals surface area contributed by atoms with E-state index in [1.54, 1.807) is 0 Å². The molecular weight excluding hydrogens is 180 g/mol. The Labute approximate surface area is 85.4 Å². The third-order valence-corrected chi connectivity index (χ3v) is 2.44. The van der Waals surface area contributed by atoms with Gasteiger partial charge in [-0.1, -0.05) is 0 Å². The molecule has 0 aromatic carbocycles. The van der Waals surface area contributed by atoms with E-state index in [2.05, 4.69) is 22.6 Å². The second kappa shape index (κ2) is 5.82. The summed E-state index contributed by atoms with van der Waals surface area (Å²) in [6.07, 6.45) is 0. The van der Waals surface area contributed by atoms with Crippen LogP contribution in [0.4, 0.5) is 4.79 Å². The van der Waals surface area contributed by atoms with Gasteiger partial charge in [0, 0.05) is 39.3 Å². The molecule has 1 fully saturated rings. The third kappa shape index (κ3) is 3.51. The molecule has 2 N–H and O–H groups in total. The highest BCUT2D eigenvalue weighted by Gasteiger charge is 2.18. The number of hydrogen-bond acceptors (Lipinski definition) is 3. The lowest BCUT2D eigenvalue weighted by molar-refractivity contribution is 0.208. The van der Waals surface area contributed by atoms with Crippen molar-refractivity contribution < 1.29 is 4.79 Å². The number of likely N-dealkylation sites (N-methyl/N-ethyl adjacent to an activating group) is 2. The molecule has 0 aliphatic carbocycles. The van der Waals surface area contributed by atoms with E-state index in [1.807, 2.05) is 11.9 Å². The molecule has 1 saturated heterocycles. The zero-order valence-corrected chi connectivity index (χ0v) is 9.05. The normalized spacial score (nSPS) is 16.5. The Morgan fingerprint density at radius 3 is 2.93 bits per heavy atom. The van der Waals surface area contributed by atoms with Crippen LogP contribution in [-0.2, 0) is 0 Å². The minimum Gasteiger partial charge on any atom is -0.336 e. The molecule has 1 rings (SSSR count). The van der Waals surface area contributed by atoms with E-state index in [4.69, 9.17) is 0 Å². The molecule has 0 atom stereocenters. The van der Waals surface area contributed by atoms with Crippen LogP contribution in [0.1, 0.15) is 0 Å². The second-order valence-electron chi connectivity index (χ2n) is 3.63. The summed E-state index contributed by atoms with van der Waals surface area (Å²) in [4.78, 5) is 15.3. The molecule has 0 radical (unpaired) electrons. The van der Waals surface area contributed by atoms with Crippen LogP contribution in [0, 0.1) is 0 Å². The maximum absolute atomic E-state index is 11.2. The quantitative estimate of drug-likeness (QED) is 0.588. The standard InChI is InChI=1S/C9H20N4O/c1-10-3-5-12(2)7-8-13-6-4-11-9(13)14/h10H,3-8H2,1-2H3,(H,11,14). The van der Waals surface area contributed by atoms with Crippen molar-refractivity contribution in [2.45, 2.75) is 0 Å². The minimum atomic E-state index is 0.0759. The van der Waals surface area contributed by atoms with Crippen LogP contribution in [0.2, 0.25) is 0 Å². The fourth-order valence-electron chi connectivity index (χ4n) is 1.43. The van der Waals surface area contributed by atoms with Crippen molar-refractivity contribution in [1.29, 1.82) is 0 Å². The van der Waals surface area contributed by atoms with Crippen LogP contribution in [-0.4, -0.2) is 69.2 Å². The largest absolute Gasteiger partial charge is 0.336 e. The molecule has 0 unspecified atom stereocenters. The Morgan fingerprint density at radius 1 is 1.57 bits per heavy atom. The van der Waals surface area contributed by atoms with Gasteiger partial charge in [-0.25, -0.2) is 4.79 Å². The SMILES string of the molecule is CNCCN(C)CCN1CCNC1=O. The molecule has 5 nitrogen and oxygen atoms in total. The minimum absolute atomic E-state index is 0.0759. The molecular formula is C9H20N4O. The van der Waals surface area contributed by atoms with Gasteiger partial charge in [-0.15, -0.1) is 0 Å². The van der Waals surface area contributed by atoms with Crippen molar-refractivity contribution in [3.8, 4) is 0 Å². The van der Waals surface area contributed by atoms with Gasteiger partial charge < -0.3 is 20.4 Å². The van der Waals surface area contributed by atoms with Gasteiger partial charge in [0.05, 0.1) is 0 Å². The van der Waals surface area contributed by atoms with Gasteiger partial charge in [-0.3, -0.25) is 0 Å². The first-order valence-electron chi connectivity index (χ1n) is 5.10. The highest BCUT2D eigenvalue weighted by molar-refractivity contribution is 5.76. The van der Waals surface area contributed by atoms with Crippen LogP contribution in [0.15, 0.2) is 0 Å². The Balaban J connectivity index is 2.10. The second-order valence-corrected chi connectivity index (χ2v) is 3.63. The van der Waals surface area contributed by atoms with Gasteiger partial charge in [0.15, 0.2) is 0 Å². The summed E-state index contributed by atoms with van der Waals surface area (Å²) < 4.78 is 0. The average molecular weight is 200 g/mol. The first-order valence-corrected chi connectivity index (χ1v) is 5.10. The lowest BCUT2D eigenvalue weighted by atomic mass is 10.4. The van der Waals surface area contributed by atoms with Gasteiger partial charge in [0.1, 0.15) is 0 Å². The molecule has 14 heavy (non-hydrogen) atoms.